The fourth-order valence-corrected chi connectivity index (χ4v) is 2.38. The van der Waals surface area contributed by atoms with E-state index >= 15 is 0 Å². The van der Waals surface area contributed by atoms with E-state index in [4.69, 9.17) is 0 Å². The number of halogens is 2. The zero-order chi connectivity index (χ0) is 18.7. The van der Waals surface area contributed by atoms with Crippen molar-refractivity contribution in [3.05, 3.63) is 83.1 Å². The lowest BCUT2D eigenvalue weighted by Gasteiger charge is -2.10. The van der Waals surface area contributed by atoms with E-state index in [1.54, 1.807) is 12.1 Å². The van der Waals surface area contributed by atoms with Gasteiger partial charge in [-0.05, 0) is 61.4 Å². The first-order valence-corrected chi connectivity index (χ1v) is 7.99. The van der Waals surface area contributed by atoms with Crippen molar-refractivity contribution < 1.29 is 13.6 Å². The van der Waals surface area contributed by atoms with Gasteiger partial charge in [0.25, 0.3) is 5.91 Å². The third-order valence-electron chi connectivity index (χ3n) is 3.98. The first-order chi connectivity index (χ1) is 12.4. The number of aryl methyl sites for hydroxylation is 2. The first-order valence-electron chi connectivity index (χ1n) is 7.99. The molecule has 0 radical (unpaired) electrons. The van der Waals surface area contributed by atoms with Crippen LogP contribution in [0, 0.1) is 25.5 Å². The third kappa shape index (κ3) is 4.03. The van der Waals surface area contributed by atoms with Crippen LogP contribution in [0.1, 0.15) is 21.5 Å². The SMILES string of the molecule is Cc1ccc(Nc2cc(C(=O)Nc3ccc(F)c(F)c3)ccn2)cc1C. The molecule has 0 spiro atoms. The minimum atomic E-state index is -1.02. The van der Waals surface area contributed by atoms with E-state index < -0.39 is 17.5 Å². The Kier molecular flexibility index (Phi) is 4.93. The van der Waals surface area contributed by atoms with Crippen LogP contribution in [0.25, 0.3) is 0 Å². The molecular weight excluding hydrogens is 336 g/mol. The molecular formula is C20H17F2N3O. The van der Waals surface area contributed by atoms with Gasteiger partial charge in [-0.3, -0.25) is 4.79 Å². The summed E-state index contributed by atoms with van der Waals surface area (Å²) in [7, 11) is 0. The molecule has 26 heavy (non-hydrogen) atoms. The summed E-state index contributed by atoms with van der Waals surface area (Å²) in [5.74, 6) is -1.92. The smallest absolute Gasteiger partial charge is 0.255 e. The predicted molar refractivity (Wildman–Crippen MR) is 97.7 cm³/mol. The van der Waals surface area contributed by atoms with Crippen molar-refractivity contribution in [3.8, 4) is 0 Å². The van der Waals surface area contributed by atoms with Gasteiger partial charge in [0.15, 0.2) is 11.6 Å². The lowest BCUT2D eigenvalue weighted by molar-refractivity contribution is 0.102. The monoisotopic (exact) mass is 353 g/mol. The Morgan fingerprint density at radius 1 is 0.885 bits per heavy atom. The number of carbonyl (C=O) groups excluding carboxylic acids is 1. The van der Waals surface area contributed by atoms with E-state index in [2.05, 4.69) is 15.6 Å². The molecule has 4 nitrogen and oxygen atoms in total. The summed E-state index contributed by atoms with van der Waals surface area (Å²) in [6, 6.07) is 12.2. The number of hydrogen-bond donors (Lipinski definition) is 2. The number of benzene rings is 2. The normalized spacial score (nSPS) is 10.5. The summed E-state index contributed by atoms with van der Waals surface area (Å²) in [4.78, 5) is 16.5. The zero-order valence-corrected chi connectivity index (χ0v) is 14.3. The molecule has 0 atom stereocenters. The number of nitrogens with zero attached hydrogens (tertiary/aromatic N) is 1. The van der Waals surface area contributed by atoms with E-state index in [0.29, 0.717) is 11.4 Å². The molecule has 3 aromatic rings. The van der Waals surface area contributed by atoms with Crippen LogP contribution >= 0.6 is 0 Å². The van der Waals surface area contributed by atoms with E-state index in [9.17, 15) is 13.6 Å². The number of anilines is 3. The van der Waals surface area contributed by atoms with Crippen molar-refractivity contribution >= 4 is 23.1 Å². The average Bonchev–Trinajstić information content (AvgIpc) is 2.61. The predicted octanol–water partition coefficient (Wildman–Crippen LogP) is 4.97. The van der Waals surface area contributed by atoms with Crippen LogP contribution in [0.5, 0.6) is 0 Å². The summed E-state index contributed by atoms with van der Waals surface area (Å²) in [5.41, 5.74) is 3.70. The van der Waals surface area contributed by atoms with Crippen molar-refractivity contribution in [2.75, 3.05) is 10.6 Å². The van der Waals surface area contributed by atoms with Gasteiger partial charge in [-0.25, -0.2) is 13.8 Å². The fraction of sp³-hybridized carbons (Fsp3) is 0.100. The lowest BCUT2D eigenvalue weighted by atomic mass is 10.1. The maximum absolute atomic E-state index is 13.3. The molecule has 2 N–H and O–H groups in total. The number of rotatable bonds is 4. The molecule has 6 heteroatoms. The molecule has 1 amide bonds. The fourth-order valence-electron chi connectivity index (χ4n) is 2.38. The molecule has 1 aromatic heterocycles. The number of carbonyl (C=O) groups is 1. The van der Waals surface area contributed by atoms with Crippen molar-refractivity contribution in [1.82, 2.24) is 4.98 Å². The van der Waals surface area contributed by atoms with E-state index in [-0.39, 0.29) is 5.69 Å². The molecule has 3 rings (SSSR count). The standard InChI is InChI=1S/C20H17F2N3O/c1-12-3-4-15(9-13(12)2)24-19-10-14(7-8-23-19)20(26)25-16-5-6-17(21)18(22)11-16/h3-11H,1-2H3,(H,23,24)(H,25,26). The van der Waals surface area contributed by atoms with Crippen molar-refractivity contribution in [3.63, 3.8) is 0 Å². The minimum absolute atomic E-state index is 0.175. The van der Waals surface area contributed by atoms with E-state index in [1.807, 2.05) is 32.0 Å². The number of amides is 1. The van der Waals surface area contributed by atoms with Gasteiger partial charge in [0.05, 0.1) is 0 Å². The third-order valence-corrected chi connectivity index (χ3v) is 3.98. The number of hydrogen-bond acceptors (Lipinski definition) is 3. The van der Waals surface area contributed by atoms with Gasteiger partial charge in [-0.1, -0.05) is 6.07 Å². The van der Waals surface area contributed by atoms with E-state index in [0.717, 1.165) is 23.4 Å². The minimum Gasteiger partial charge on any atom is -0.340 e. The Morgan fingerprint density at radius 3 is 2.38 bits per heavy atom. The molecule has 0 aliphatic heterocycles. The molecule has 0 saturated carbocycles. The van der Waals surface area contributed by atoms with Gasteiger partial charge in [0.2, 0.25) is 0 Å². The molecule has 0 aliphatic carbocycles. The zero-order valence-electron chi connectivity index (χ0n) is 14.3. The Labute approximate surface area is 149 Å². The summed E-state index contributed by atoms with van der Waals surface area (Å²) >= 11 is 0. The first kappa shape index (κ1) is 17.5. The molecule has 0 aliphatic rings. The van der Waals surface area contributed by atoms with Crippen LogP contribution in [0.2, 0.25) is 0 Å². The largest absolute Gasteiger partial charge is 0.340 e. The van der Waals surface area contributed by atoms with E-state index in [1.165, 1.54) is 17.8 Å². The highest BCUT2D eigenvalue weighted by Gasteiger charge is 2.10. The van der Waals surface area contributed by atoms with Crippen LogP contribution in [-0.2, 0) is 0 Å². The Balaban J connectivity index is 1.76. The summed E-state index contributed by atoms with van der Waals surface area (Å²) in [5, 5.41) is 5.68. The molecule has 2 aromatic carbocycles. The van der Waals surface area contributed by atoms with Gasteiger partial charge in [0.1, 0.15) is 5.82 Å². The second kappa shape index (κ2) is 7.31. The second-order valence-electron chi connectivity index (χ2n) is 5.94. The quantitative estimate of drug-likeness (QED) is 0.696. The molecule has 132 valence electrons. The Morgan fingerprint density at radius 2 is 1.65 bits per heavy atom. The maximum Gasteiger partial charge on any atom is 0.255 e. The number of aromatic nitrogens is 1. The number of pyridine rings is 1. The topological polar surface area (TPSA) is 54.0 Å². The van der Waals surface area contributed by atoms with Crippen LogP contribution in [0.15, 0.2) is 54.7 Å². The Hall–Kier alpha value is -3.28. The lowest BCUT2D eigenvalue weighted by Crippen LogP contribution is -2.12. The van der Waals surface area contributed by atoms with Gasteiger partial charge in [-0.2, -0.15) is 0 Å². The highest BCUT2D eigenvalue weighted by atomic mass is 19.2. The molecule has 0 bridgehead atoms. The highest BCUT2D eigenvalue weighted by molar-refractivity contribution is 6.04. The summed E-state index contributed by atoms with van der Waals surface area (Å²) in [6.07, 6.45) is 1.50. The van der Waals surface area contributed by atoms with Crippen LogP contribution in [-0.4, -0.2) is 10.9 Å². The molecule has 0 saturated heterocycles. The molecule has 0 unspecified atom stereocenters. The van der Waals surface area contributed by atoms with Crippen LogP contribution < -0.4 is 10.6 Å². The number of nitrogens with one attached hydrogen (secondary N) is 2. The van der Waals surface area contributed by atoms with Gasteiger partial charge in [0, 0.05) is 29.2 Å². The van der Waals surface area contributed by atoms with Crippen molar-refractivity contribution in [1.29, 1.82) is 0 Å². The maximum atomic E-state index is 13.3. The highest BCUT2D eigenvalue weighted by Crippen LogP contribution is 2.20. The average molecular weight is 353 g/mol. The summed E-state index contributed by atoms with van der Waals surface area (Å²) in [6.45, 7) is 4.04. The molecule has 0 fully saturated rings. The van der Waals surface area contributed by atoms with Gasteiger partial charge in [-0.15, -0.1) is 0 Å². The summed E-state index contributed by atoms with van der Waals surface area (Å²) < 4.78 is 26.2. The Bertz CT molecular complexity index is 973. The molecule has 1 heterocycles. The van der Waals surface area contributed by atoms with Crippen LogP contribution in [0.3, 0.4) is 0 Å². The van der Waals surface area contributed by atoms with Gasteiger partial charge >= 0.3 is 0 Å². The van der Waals surface area contributed by atoms with Crippen molar-refractivity contribution in [2.24, 2.45) is 0 Å². The van der Waals surface area contributed by atoms with Crippen molar-refractivity contribution in [2.45, 2.75) is 13.8 Å². The van der Waals surface area contributed by atoms with Gasteiger partial charge < -0.3 is 10.6 Å². The van der Waals surface area contributed by atoms with Crippen LogP contribution in [0.4, 0.5) is 26.0 Å². The second-order valence-corrected chi connectivity index (χ2v) is 5.94.